The summed E-state index contributed by atoms with van der Waals surface area (Å²) in [6.45, 7) is 1.98. The van der Waals surface area contributed by atoms with E-state index in [2.05, 4.69) is 17.0 Å². The van der Waals surface area contributed by atoms with Gasteiger partial charge in [-0.05, 0) is 37.1 Å². The smallest absolute Gasteiger partial charge is 0.0902 e. The molecule has 1 atom stereocenters. The fourth-order valence-corrected chi connectivity index (χ4v) is 2.72. The van der Waals surface area contributed by atoms with Crippen molar-refractivity contribution >= 4 is 28.8 Å². The van der Waals surface area contributed by atoms with E-state index in [1.807, 2.05) is 12.1 Å². The van der Waals surface area contributed by atoms with Crippen molar-refractivity contribution in [2.75, 3.05) is 6.54 Å². The molecule has 1 aliphatic heterocycles. The van der Waals surface area contributed by atoms with Gasteiger partial charge in [-0.1, -0.05) is 42.4 Å². The van der Waals surface area contributed by atoms with Crippen LogP contribution in [0.1, 0.15) is 24.8 Å². The minimum Gasteiger partial charge on any atom is -0.392 e. The first kappa shape index (κ1) is 12.8. The minimum atomic E-state index is 0.259. The van der Waals surface area contributed by atoms with E-state index >= 15 is 0 Å². The highest BCUT2D eigenvalue weighted by atomic mass is 35.5. The van der Waals surface area contributed by atoms with Crippen LogP contribution in [0.25, 0.3) is 0 Å². The zero-order valence-electron chi connectivity index (χ0n) is 9.73. The van der Waals surface area contributed by atoms with Gasteiger partial charge in [-0.2, -0.15) is 0 Å². The van der Waals surface area contributed by atoms with Crippen molar-refractivity contribution in [1.29, 1.82) is 0 Å². The number of nitrogens with zero attached hydrogens (tertiary/aromatic N) is 1. The molecule has 17 heavy (non-hydrogen) atoms. The van der Waals surface area contributed by atoms with E-state index in [0.717, 1.165) is 24.5 Å². The monoisotopic (exact) mass is 268 g/mol. The van der Waals surface area contributed by atoms with E-state index in [-0.39, 0.29) is 6.04 Å². The number of hydrogen-bond acceptors (Lipinski definition) is 2. The van der Waals surface area contributed by atoms with Gasteiger partial charge >= 0.3 is 0 Å². The first-order valence-electron chi connectivity index (χ1n) is 5.94. The highest BCUT2D eigenvalue weighted by molar-refractivity contribution is 7.80. The van der Waals surface area contributed by atoms with Crippen LogP contribution in [0.15, 0.2) is 24.3 Å². The van der Waals surface area contributed by atoms with Gasteiger partial charge in [0.1, 0.15) is 0 Å². The van der Waals surface area contributed by atoms with Gasteiger partial charge < -0.3 is 5.73 Å². The average Bonchev–Trinajstić information content (AvgIpc) is 2.32. The Morgan fingerprint density at radius 2 is 2.06 bits per heavy atom. The first-order chi connectivity index (χ1) is 8.16. The average molecular weight is 269 g/mol. The Morgan fingerprint density at radius 1 is 1.35 bits per heavy atom. The van der Waals surface area contributed by atoms with Crippen molar-refractivity contribution in [2.45, 2.75) is 31.8 Å². The van der Waals surface area contributed by atoms with E-state index in [1.54, 1.807) is 0 Å². The zero-order valence-corrected chi connectivity index (χ0v) is 11.3. The van der Waals surface area contributed by atoms with E-state index < -0.39 is 0 Å². The second-order valence-corrected chi connectivity index (χ2v) is 5.42. The highest BCUT2D eigenvalue weighted by Gasteiger charge is 2.24. The Labute approximate surface area is 113 Å². The van der Waals surface area contributed by atoms with Gasteiger partial charge in [0, 0.05) is 11.6 Å². The number of benzene rings is 1. The second kappa shape index (κ2) is 5.80. The van der Waals surface area contributed by atoms with Crippen molar-refractivity contribution in [3.05, 3.63) is 34.9 Å². The summed E-state index contributed by atoms with van der Waals surface area (Å²) in [6.07, 6.45) is 3.54. The van der Waals surface area contributed by atoms with Crippen molar-refractivity contribution < 1.29 is 0 Å². The van der Waals surface area contributed by atoms with Crippen molar-refractivity contribution in [1.82, 2.24) is 4.90 Å². The van der Waals surface area contributed by atoms with Gasteiger partial charge in [-0.3, -0.25) is 4.90 Å². The van der Waals surface area contributed by atoms with Crippen LogP contribution in [0.4, 0.5) is 0 Å². The Balaban J connectivity index is 2.05. The molecule has 0 spiro atoms. The Kier molecular flexibility index (Phi) is 4.37. The number of hydrogen-bond donors (Lipinski definition) is 1. The van der Waals surface area contributed by atoms with Crippen LogP contribution in [-0.2, 0) is 6.54 Å². The summed E-state index contributed by atoms with van der Waals surface area (Å²) in [7, 11) is 0. The molecular weight excluding hydrogens is 252 g/mol. The molecule has 2 N–H and O–H groups in total. The Morgan fingerprint density at radius 3 is 2.71 bits per heavy atom. The van der Waals surface area contributed by atoms with Crippen LogP contribution in [0.2, 0.25) is 5.02 Å². The summed E-state index contributed by atoms with van der Waals surface area (Å²) in [5.74, 6) is 0. The summed E-state index contributed by atoms with van der Waals surface area (Å²) >= 11 is 11.0. The van der Waals surface area contributed by atoms with Crippen LogP contribution >= 0.6 is 23.8 Å². The lowest BCUT2D eigenvalue weighted by Gasteiger charge is -2.35. The summed E-state index contributed by atoms with van der Waals surface area (Å²) < 4.78 is 0. The third kappa shape index (κ3) is 3.41. The number of halogens is 1. The Bertz CT molecular complexity index is 391. The number of thiocarbonyl (C=S) groups is 1. The molecule has 0 radical (unpaired) electrons. The fraction of sp³-hybridized carbons (Fsp3) is 0.462. The second-order valence-electron chi connectivity index (χ2n) is 4.51. The molecule has 1 fully saturated rings. The van der Waals surface area contributed by atoms with Gasteiger partial charge in [0.2, 0.25) is 0 Å². The SMILES string of the molecule is NC(=S)C1CCCCN1Cc1ccc(Cl)cc1. The number of rotatable bonds is 3. The Hall–Kier alpha value is -0.640. The van der Waals surface area contributed by atoms with E-state index in [0.29, 0.717) is 4.99 Å². The first-order valence-corrected chi connectivity index (χ1v) is 6.73. The molecule has 0 amide bonds. The zero-order chi connectivity index (χ0) is 12.3. The van der Waals surface area contributed by atoms with Crippen LogP contribution in [0, 0.1) is 0 Å². The molecule has 1 heterocycles. The summed E-state index contributed by atoms with van der Waals surface area (Å²) in [5, 5.41) is 0.776. The maximum absolute atomic E-state index is 5.88. The number of piperidine rings is 1. The number of likely N-dealkylation sites (tertiary alicyclic amines) is 1. The molecule has 0 saturated carbocycles. The normalized spacial score (nSPS) is 21.4. The molecule has 4 heteroatoms. The predicted molar refractivity (Wildman–Crippen MR) is 76.3 cm³/mol. The molecular formula is C13H17ClN2S. The molecule has 1 unspecified atom stereocenters. The van der Waals surface area contributed by atoms with Crippen LogP contribution in [0.3, 0.4) is 0 Å². The third-order valence-corrected chi connectivity index (χ3v) is 3.77. The lowest BCUT2D eigenvalue weighted by Crippen LogP contribution is -2.46. The molecule has 1 aliphatic rings. The molecule has 1 saturated heterocycles. The quantitative estimate of drug-likeness (QED) is 0.855. The maximum Gasteiger partial charge on any atom is 0.0902 e. The van der Waals surface area contributed by atoms with Gasteiger partial charge in [-0.25, -0.2) is 0 Å². The van der Waals surface area contributed by atoms with Crippen molar-refractivity contribution in [3.8, 4) is 0 Å². The molecule has 0 aromatic heterocycles. The topological polar surface area (TPSA) is 29.3 Å². The largest absolute Gasteiger partial charge is 0.392 e. The molecule has 1 aromatic rings. The van der Waals surface area contributed by atoms with Gasteiger partial charge in [0.25, 0.3) is 0 Å². The molecule has 0 aliphatic carbocycles. The van der Waals surface area contributed by atoms with Crippen LogP contribution in [0.5, 0.6) is 0 Å². The van der Waals surface area contributed by atoms with Gasteiger partial charge in [-0.15, -0.1) is 0 Å². The molecule has 1 aromatic carbocycles. The van der Waals surface area contributed by atoms with E-state index in [4.69, 9.17) is 29.6 Å². The van der Waals surface area contributed by atoms with Gasteiger partial charge in [0.05, 0.1) is 11.0 Å². The molecule has 92 valence electrons. The summed E-state index contributed by atoms with van der Waals surface area (Å²) in [5.41, 5.74) is 7.07. The molecule has 2 nitrogen and oxygen atoms in total. The minimum absolute atomic E-state index is 0.259. The highest BCUT2D eigenvalue weighted by Crippen LogP contribution is 2.20. The molecule has 0 bridgehead atoms. The van der Waals surface area contributed by atoms with Crippen LogP contribution < -0.4 is 5.73 Å². The van der Waals surface area contributed by atoms with Gasteiger partial charge in [0.15, 0.2) is 0 Å². The van der Waals surface area contributed by atoms with E-state index in [1.165, 1.54) is 18.4 Å². The maximum atomic E-state index is 5.88. The lowest BCUT2D eigenvalue weighted by atomic mass is 10.0. The van der Waals surface area contributed by atoms with Crippen LogP contribution in [-0.4, -0.2) is 22.5 Å². The predicted octanol–water partition coefficient (Wildman–Crippen LogP) is 2.98. The third-order valence-electron chi connectivity index (χ3n) is 3.24. The fourth-order valence-electron chi connectivity index (χ4n) is 2.33. The summed E-state index contributed by atoms with van der Waals surface area (Å²) in [4.78, 5) is 2.99. The lowest BCUT2D eigenvalue weighted by molar-refractivity contribution is 0.184. The number of nitrogens with two attached hydrogens (primary N) is 1. The molecule has 2 rings (SSSR count). The summed E-state index contributed by atoms with van der Waals surface area (Å²) in [6, 6.07) is 8.24. The van der Waals surface area contributed by atoms with Crippen molar-refractivity contribution in [2.24, 2.45) is 5.73 Å². The van der Waals surface area contributed by atoms with E-state index in [9.17, 15) is 0 Å². The van der Waals surface area contributed by atoms with Crippen molar-refractivity contribution in [3.63, 3.8) is 0 Å². The standard InChI is InChI=1S/C13H17ClN2S/c14-11-6-4-10(5-7-11)9-16-8-2-1-3-12(16)13(15)17/h4-7,12H,1-3,8-9H2,(H2,15,17).